The van der Waals surface area contributed by atoms with Gasteiger partial charge >= 0.3 is 0 Å². The van der Waals surface area contributed by atoms with Crippen molar-refractivity contribution in [2.45, 2.75) is 38.1 Å². The van der Waals surface area contributed by atoms with E-state index in [9.17, 15) is 13.2 Å². The number of aromatic amines is 1. The van der Waals surface area contributed by atoms with E-state index in [1.54, 1.807) is 6.07 Å². The minimum atomic E-state index is -3.93. The molecular formula is C22H23N3O3S. The Bertz CT molecular complexity index is 1200. The maximum atomic E-state index is 13.0. The molecule has 0 unspecified atom stereocenters. The Morgan fingerprint density at radius 3 is 2.55 bits per heavy atom. The molecular weight excluding hydrogens is 386 g/mol. The molecule has 1 aliphatic rings. The lowest BCUT2D eigenvalue weighted by Gasteiger charge is -2.28. The van der Waals surface area contributed by atoms with Crippen LogP contribution in [0.15, 0.2) is 53.7 Å². The zero-order valence-electron chi connectivity index (χ0n) is 16.4. The quantitative estimate of drug-likeness (QED) is 0.688. The largest absolute Gasteiger partial charge is 0.358 e. The number of nitrogens with one attached hydrogen (secondary N) is 1. The molecule has 1 aromatic carbocycles. The van der Waals surface area contributed by atoms with Gasteiger partial charge in [-0.3, -0.25) is 4.79 Å². The van der Waals surface area contributed by atoms with Gasteiger partial charge in [0, 0.05) is 35.9 Å². The van der Waals surface area contributed by atoms with E-state index in [-0.39, 0.29) is 16.2 Å². The van der Waals surface area contributed by atoms with Gasteiger partial charge in [0.05, 0.1) is 5.69 Å². The monoisotopic (exact) mass is 409 g/mol. The number of rotatable bonds is 4. The molecule has 0 amide bonds. The van der Waals surface area contributed by atoms with Gasteiger partial charge in [-0.25, -0.2) is 18.5 Å². The fourth-order valence-corrected chi connectivity index (χ4v) is 4.57. The molecule has 2 aromatic heterocycles. The predicted octanol–water partition coefficient (Wildman–Crippen LogP) is 3.47. The maximum Gasteiger partial charge on any atom is 0.255 e. The summed E-state index contributed by atoms with van der Waals surface area (Å²) in [5.41, 5.74) is 4.87. The second kappa shape index (κ2) is 6.93. The number of carbonyl (C=O) groups is 1. The summed E-state index contributed by atoms with van der Waals surface area (Å²) in [4.78, 5) is 20.3. The molecule has 1 aliphatic carbocycles. The number of pyridine rings is 1. The fourth-order valence-electron chi connectivity index (χ4n) is 4.07. The molecule has 0 atom stereocenters. The Morgan fingerprint density at radius 2 is 1.86 bits per heavy atom. The van der Waals surface area contributed by atoms with E-state index in [0.29, 0.717) is 18.4 Å². The number of ketones is 1. The standard InChI is InChI=1S/C22H23N3O3S/c1-22(2)12-17-20(18(26)13-22)16(10-14-6-4-3-5-7-14)21(25-17)15-8-9-24-19(11-15)29(23,27)28/h3-9,11,25H,10,12-13H2,1-2H3,(H2,23,27,28). The average molecular weight is 410 g/mol. The Hall–Kier alpha value is -2.77. The van der Waals surface area contributed by atoms with Gasteiger partial charge in [-0.15, -0.1) is 0 Å². The summed E-state index contributed by atoms with van der Waals surface area (Å²) < 4.78 is 23.6. The van der Waals surface area contributed by atoms with Crippen LogP contribution >= 0.6 is 0 Å². The van der Waals surface area contributed by atoms with Gasteiger partial charge in [0.15, 0.2) is 10.8 Å². The summed E-state index contributed by atoms with van der Waals surface area (Å²) in [6.07, 6.45) is 3.23. The van der Waals surface area contributed by atoms with Gasteiger partial charge in [0.1, 0.15) is 0 Å². The fraction of sp³-hybridized carbons (Fsp3) is 0.273. The molecule has 6 nitrogen and oxygen atoms in total. The average Bonchev–Trinajstić information content (AvgIpc) is 2.99. The van der Waals surface area contributed by atoms with E-state index in [0.717, 1.165) is 34.5 Å². The van der Waals surface area contributed by atoms with Crippen LogP contribution in [0.25, 0.3) is 11.3 Å². The van der Waals surface area contributed by atoms with Crippen LogP contribution in [-0.2, 0) is 22.9 Å². The van der Waals surface area contributed by atoms with Gasteiger partial charge in [0.2, 0.25) is 0 Å². The first-order chi connectivity index (χ1) is 13.6. The molecule has 150 valence electrons. The highest BCUT2D eigenvalue weighted by Crippen LogP contribution is 2.40. The summed E-state index contributed by atoms with van der Waals surface area (Å²) in [5.74, 6) is 0.116. The van der Waals surface area contributed by atoms with Crippen LogP contribution < -0.4 is 5.14 Å². The lowest BCUT2D eigenvalue weighted by molar-refractivity contribution is 0.0911. The highest BCUT2D eigenvalue weighted by Gasteiger charge is 2.35. The van der Waals surface area contributed by atoms with E-state index in [2.05, 4.69) is 23.8 Å². The highest BCUT2D eigenvalue weighted by atomic mass is 32.2. The zero-order chi connectivity index (χ0) is 20.8. The number of primary sulfonamides is 1. The first kappa shape index (κ1) is 19.5. The molecule has 7 heteroatoms. The molecule has 0 saturated carbocycles. The van der Waals surface area contributed by atoms with Crippen molar-refractivity contribution in [3.63, 3.8) is 0 Å². The van der Waals surface area contributed by atoms with Crippen LogP contribution in [0, 0.1) is 5.41 Å². The molecule has 2 heterocycles. The molecule has 4 rings (SSSR count). The summed E-state index contributed by atoms with van der Waals surface area (Å²) in [6, 6.07) is 13.1. The normalized spacial score (nSPS) is 15.9. The van der Waals surface area contributed by atoms with Gasteiger partial charge in [0.25, 0.3) is 10.0 Å². The summed E-state index contributed by atoms with van der Waals surface area (Å²) in [7, 11) is -3.93. The van der Waals surface area contributed by atoms with Gasteiger partial charge in [-0.1, -0.05) is 44.2 Å². The first-order valence-corrected chi connectivity index (χ1v) is 11.0. The van der Waals surface area contributed by atoms with Crippen LogP contribution in [0.1, 0.15) is 47.4 Å². The van der Waals surface area contributed by atoms with Gasteiger partial charge in [-0.2, -0.15) is 0 Å². The van der Waals surface area contributed by atoms with Crippen molar-refractivity contribution in [3.05, 3.63) is 71.0 Å². The van der Waals surface area contributed by atoms with Crippen LogP contribution in [0.2, 0.25) is 0 Å². The number of fused-ring (bicyclic) bond motifs is 1. The molecule has 0 saturated heterocycles. The van der Waals surface area contributed by atoms with Crippen molar-refractivity contribution >= 4 is 15.8 Å². The Labute approximate surface area is 170 Å². The Kier molecular flexibility index (Phi) is 4.67. The SMILES string of the molecule is CC1(C)CC(=O)c2c([nH]c(-c3ccnc(S(N)(=O)=O)c3)c2Cc2ccccc2)C1. The molecule has 0 bridgehead atoms. The van der Waals surface area contributed by atoms with Crippen LogP contribution in [-0.4, -0.2) is 24.2 Å². The molecule has 29 heavy (non-hydrogen) atoms. The number of hydrogen-bond acceptors (Lipinski definition) is 4. The summed E-state index contributed by atoms with van der Waals surface area (Å²) in [6.45, 7) is 4.16. The highest BCUT2D eigenvalue weighted by molar-refractivity contribution is 7.89. The number of carbonyl (C=O) groups excluding carboxylic acids is 1. The molecule has 3 N–H and O–H groups in total. The van der Waals surface area contributed by atoms with Crippen molar-refractivity contribution in [2.75, 3.05) is 0 Å². The van der Waals surface area contributed by atoms with Crippen molar-refractivity contribution in [1.29, 1.82) is 0 Å². The second-order valence-electron chi connectivity index (χ2n) is 8.36. The number of Topliss-reactive ketones (excluding diaryl/α,β-unsaturated/α-hetero) is 1. The van der Waals surface area contributed by atoms with Crippen molar-refractivity contribution in [1.82, 2.24) is 9.97 Å². The van der Waals surface area contributed by atoms with E-state index in [4.69, 9.17) is 5.14 Å². The number of nitrogens with zero attached hydrogens (tertiary/aromatic N) is 1. The molecule has 0 fully saturated rings. The topological polar surface area (TPSA) is 106 Å². The lowest BCUT2D eigenvalue weighted by atomic mass is 9.75. The third kappa shape index (κ3) is 3.88. The van der Waals surface area contributed by atoms with E-state index < -0.39 is 10.0 Å². The van der Waals surface area contributed by atoms with Crippen molar-refractivity contribution in [3.8, 4) is 11.3 Å². The Balaban J connectivity index is 1.91. The van der Waals surface area contributed by atoms with Crippen molar-refractivity contribution < 1.29 is 13.2 Å². The number of benzene rings is 1. The number of H-pyrrole nitrogens is 1. The lowest BCUT2D eigenvalue weighted by Crippen LogP contribution is -2.27. The predicted molar refractivity (Wildman–Crippen MR) is 111 cm³/mol. The van der Waals surface area contributed by atoms with E-state index in [1.807, 2.05) is 30.3 Å². The minimum absolute atomic E-state index is 0.116. The van der Waals surface area contributed by atoms with Crippen LogP contribution in [0.5, 0.6) is 0 Å². The number of hydrogen-bond donors (Lipinski definition) is 2. The van der Waals surface area contributed by atoms with Crippen molar-refractivity contribution in [2.24, 2.45) is 10.6 Å². The molecule has 0 aliphatic heterocycles. The summed E-state index contributed by atoms with van der Waals surface area (Å²) >= 11 is 0. The third-order valence-electron chi connectivity index (χ3n) is 5.29. The number of aromatic nitrogens is 2. The third-order valence-corrected chi connectivity index (χ3v) is 6.10. The second-order valence-corrected chi connectivity index (χ2v) is 9.87. The Morgan fingerprint density at radius 1 is 1.14 bits per heavy atom. The zero-order valence-corrected chi connectivity index (χ0v) is 17.2. The van der Waals surface area contributed by atoms with Crippen LogP contribution in [0.4, 0.5) is 0 Å². The number of nitrogens with two attached hydrogens (primary N) is 1. The van der Waals surface area contributed by atoms with E-state index >= 15 is 0 Å². The molecule has 0 radical (unpaired) electrons. The number of sulfonamides is 1. The smallest absolute Gasteiger partial charge is 0.255 e. The first-order valence-electron chi connectivity index (χ1n) is 9.44. The summed E-state index contributed by atoms with van der Waals surface area (Å²) in [5, 5.41) is 5.07. The van der Waals surface area contributed by atoms with Gasteiger partial charge in [-0.05, 0) is 35.1 Å². The molecule has 3 aromatic rings. The van der Waals surface area contributed by atoms with E-state index in [1.165, 1.54) is 12.3 Å². The maximum absolute atomic E-state index is 13.0. The van der Waals surface area contributed by atoms with Gasteiger partial charge < -0.3 is 4.98 Å². The van der Waals surface area contributed by atoms with Crippen LogP contribution in [0.3, 0.4) is 0 Å². The molecule has 0 spiro atoms. The minimum Gasteiger partial charge on any atom is -0.358 e.